The van der Waals surface area contributed by atoms with Crippen molar-refractivity contribution >= 4 is 26.8 Å². The van der Waals surface area contributed by atoms with Crippen LogP contribution >= 0.6 is 15.9 Å². The van der Waals surface area contributed by atoms with Crippen molar-refractivity contribution in [1.29, 1.82) is 0 Å². The molecule has 0 N–H and O–H groups in total. The Morgan fingerprint density at radius 1 is 0.686 bits per heavy atom. The van der Waals surface area contributed by atoms with E-state index in [4.69, 9.17) is 10.1 Å². The number of halogens is 1. The van der Waals surface area contributed by atoms with Crippen LogP contribution in [0.3, 0.4) is 0 Å². The summed E-state index contributed by atoms with van der Waals surface area (Å²) in [5.41, 5.74) is 4.64. The van der Waals surface area contributed by atoms with Crippen LogP contribution in [0, 0.1) is 0 Å². The molecule has 0 atom stereocenters. The van der Waals surface area contributed by atoms with Crippen molar-refractivity contribution < 1.29 is 0 Å². The smallest absolute Gasteiger partial charge is 0.266 e. The Hall–Kier alpha value is -4.29. The molecule has 0 bridgehead atoms. The van der Waals surface area contributed by atoms with E-state index in [0.717, 1.165) is 32.8 Å². The second-order valence-corrected chi connectivity index (χ2v) is 9.01. The van der Waals surface area contributed by atoms with Gasteiger partial charge in [0.05, 0.1) is 28.0 Å². The zero-order valence-corrected chi connectivity index (χ0v) is 20.1. The molecule has 2 aromatic heterocycles. The maximum atomic E-state index is 13.8. The van der Waals surface area contributed by atoms with Crippen molar-refractivity contribution in [3.8, 4) is 34.2 Å². The number of para-hydroxylation sites is 2. The molecule has 0 saturated carbocycles. The van der Waals surface area contributed by atoms with Crippen molar-refractivity contribution in [1.82, 2.24) is 19.3 Å². The number of hydrogen-bond acceptors (Lipinski definition) is 3. The average Bonchev–Trinajstić information content (AvgIpc) is 3.35. The van der Waals surface area contributed by atoms with Gasteiger partial charge >= 0.3 is 0 Å². The van der Waals surface area contributed by atoms with Gasteiger partial charge in [-0.3, -0.25) is 9.36 Å². The first-order valence-electron chi connectivity index (χ1n) is 11.2. The van der Waals surface area contributed by atoms with Gasteiger partial charge < -0.3 is 0 Å². The summed E-state index contributed by atoms with van der Waals surface area (Å²) in [6.45, 7) is 0. The Morgan fingerprint density at radius 2 is 1.34 bits per heavy atom. The summed E-state index contributed by atoms with van der Waals surface area (Å²) >= 11 is 3.51. The van der Waals surface area contributed by atoms with Crippen molar-refractivity contribution in [2.45, 2.75) is 0 Å². The highest BCUT2D eigenvalue weighted by Gasteiger charge is 2.20. The van der Waals surface area contributed by atoms with E-state index in [1.165, 1.54) is 0 Å². The second-order valence-electron chi connectivity index (χ2n) is 8.10. The molecular formula is C29H19BrN4O. The van der Waals surface area contributed by atoms with Gasteiger partial charge in [0, 0.05) is 10.0 Å². The zero-order valence-electron chi connectivity index (χ0n) is 18.5. The normalized spacial score (nSPS) is 11.1. The standard InChI is InChI=1S/C29H19BrN4O/c30-21-15-17-23(18-16-21)34-27(19-26(32-34)20-9-3-1-4-10-20)28-31-25-14-8-7-13-24(25)29(35)33(28)22-11-5-2-6-12-22/h1-19H. The second kappa shape index (κ2) is 8.81. The van der Waals surface area contributed by atoms with Crippen LogP contribution in [0.15, 0.2) is 125 Å². The maximum Gasteiger partial charge on any atom is 0.266 e. The van der Waals surface area contributed by atoms with Crippen LogP contribution < -0.4 is 5.56 Å². The van der Waals surface area contributed by atoms with Gasteiger partial charge in [-0.2, -0.15) is 5.10 Å². The summed E-state index contributed by atoms with van der Waals surface area (Å²) < 4.78 is 4.50. The lowest BCUT2D eigenvalue weighted by Crippen LogP contribution is -2.22. The van der Waals surface area contributed by atoms with Crippen molar-refractivity contribution in [2.24, 2.45) is 0 Å². The van der Waals surface area contributed by atoms with Gasteiger partial charge in [-0.25, -0.2) is 9.67 Å². The highest BCUT2D eigenvalue weighted by atomic mass is 79.9. The Kier molecular flexibility index (Phi) is 5.35. The van der Waals surface area contributed by atoms with E-state index in [0.29, 0.717) is 16.7 Å². The maximum absolute atomic E-state index is 13.8. The van der Waals surface area contributed by atoms with Gasteiger partial charge in [-0.05, 0) is 54.6 Å². The Bertz CT molecular complexity index is 1710. The largest absolute Gasteiger partial charge is 0.268 e. The van der Waals surface area contributed by atoms with Gasteiger partial charge in [-0.1, -0.05) is 76.6 Å². The summed E-state index contributed by atoms with van der Waals surface area (Å²) in [7, 11) is 0. The SMILES string of the molecule is O=c1c2ccccc2nc(-c2cc(-c3ccccc3)nn2-c2ccc(Br)cc2)n1-c1ccccc1. The molecular weight excluding hydrogens is 500 g/mol. The molecule has 168 valence electrons. The molecule has 0 aliphatic rings. The lowest BCUT2D eigenvalue weighted by Gasteiger charge is -2.15. The van der Waals surface area contributed by atoms with E-state index in [1.807, 2.05) is 120 Å². The number of benzene rings is 4. The molecule has 0 fully saturated rings. The molecule has 0 aliphatic carbocycles. The molecule has 0 saturated heterocycles. The summed E-state index contributed by atoms with van der Waals surface area (Å²) in [5.74, 6) is 0.525. The lowest BCUT2D eigenvalue weighted by atomic mass is 10.1. The van der Waals surface area contributed by atoms with E-state index in [9.17, 15) is 4.79 Å². The van der Waals surface area contributed by atoms with Crippen LogP contribution in [0.1, 0.15) is 0 Å². The first kappa shape index (κ1) is 21.3. The van der Waals surface area contributed by atoms with E-state index in [2.05, 4.69) is 15.9 Å². The third-order valence-electron chi connectivity index (χ3n) is 5.87. The van der Waals surface area contributed by atoms with E-state index >= 15 is 0 Å². The minimum absolute atomic E-state index is 0.124. The summed E-state index contributed by atoms with van der Waals surface area (Å²) in [6.07, 6.45) is 0. The quantitative estimate of drug-likeness (QED) is 0.262. The Labute approximate surface area is 210 Å². The fourth-order valence-electron chi connectivity index (χ4n) is 4.19. The van der Waals surface area contributed by atoms with Gasteiger partial charge in [-0.15, -0.1) is 0 Å². The van der Waals surface area contributed by atoms with Crippen LogP contribution in [0.5, 0.6) is 0 Å². The predicted molar refractivity (Wildman–Crippen MR) is 143 cm³/mol. The summed E-state index contributed by atoms with van der Waals surface area (Å²) in [6, 6.07) is 37.0. The van der Waals surface area contributed by atoms with Gasteiger partial charge in [0.1, 0.15) is 5.69 Å². The molecule has 2 heterocycles. The zero-order chi connectivity index (χ0) is 23.8. The minimum atomic E-state index is -0.124. The van der Waals surface area contributed by atoms with Crippen LogP contribution in [0.4, 0.5) is 0 Å². The van der Waals surface area contributed by atoms with Crippen molar-refractivity contribution in [3.63, 3.8) is 0 Å². The molecule has 0 radical (unpaired) electrons. The number of nitrogens with zero attached hydrogens (tertiary/aromatic N) is 4. The van der Waals surface area contributed by atoms with Crippen LogP contribution in [-0.2, 0) is 0 Å². The molecule has 6 rings (SSSR count). The summed E-state index contributed by atoms with van der Waals surface area (Å²) in [5, 5.41) is 5.51. The molecule has 35 heavy (non-hydrogen) atoms. The number of aromatic nitrogens is 4. The average molecular weight is 519 g/mol. The van der Waals surface area contributed by atoms with Gasteiger partial charge in [0.15, 0.2) is 5.82 Å². The third kappa shape index (κ3) is 3.88. The Morgan fingerprint density at radius 3 is 2.09 bits per heavy atom. The van der Waals surface area contributed by atoms with Gasteiger partial charge in [0.25, 0.3) is 5.56 Å². The van der Waals surface area contributed by atoms with Crippen LogP contribution in [0.2, 0.25) is 0 Å². The van der Waals surface area contributed by atoms with E-state index in [1.54, 1.807) is 4.57 Å². The number of rotatable bonds is 4. The predicted octanol–water partition coefficient (Wildman–Crippen LogP) is 6.67. The van der Waals surface area contributed by atoms with Crippen molar-refractivity contribution in [2.75, 3.05) is 0 Å². The number of hydrogen-bond donors (Lipinski definition) is 0. The van der Waals surface area contributed by atoms with Crippen LogP contribution in [-0.4, -0.2) is 19.3 Å². The molecule has 4 aromatic carbocycles. The van der Waals surface area contributed by atoms with Gasteiger partial charge in [0.2, 0.25) is 0 Å². The monoisotopic (exact) mass is 518 g/mol. The summed E-state index contributed by atoms with van der Waals surface area (Å²) in [4.78, 5) is 18.8. The molecule has 0 aliphatic heterocycles. The van der Waals surface area contributed by atoms with Crippen LogP contribution in [0.25, 0.3) is 45.1 Å². The first-order valence-corrected chi connectivity index (χ1v) is 12.0. The fraction of sp³-hybridized carbons (Fsp3) is 0. The highest BCUT2D eigenvalue weighted by Crippen LogP contribution is 2.30. The molecule has 0 unspecified atom stereocenters. The number of fused-ring (bicyclic) bond motifs is 1. The topological polar surface area (TPSA) is 52.7 Å². The lowest BCUT2D eigenvalue weighted by molar-refractivity contribution is 0.865. The highest BCUT2D eigenvalue weighted by molar-refractivity contribution is 9.10. The van der Waals surface area contributed by atoms with Crippen molar-refractivity contribution in [3.05, 3.63) is 130 Å². The molecule has 6 aromatic rings. The minimum Gasteiger partial charge on any atom is -0.268 e. The van der Waals surface area contributed by atoms with E-state index in [-0.39, 0.29) is 5.56 Å². The molecule has 0 spiro atoms. The molecule has 6 heteroatoms. The third-order valence-corrected chi connectivity index (χ3v) is 6.40. The first-order chi connectivity index (χ1) is 17.2. The fourth-order valence-corrected chi connectivity index (χ4v) is 4.45. The van der Waals surface area contributed by atoms with E-state index < -0.39 is 0 Å². The molecule has 0 amide bonds. The Balaban J connectivity index is 1.70. The molecule has 5 nitrogen and oxygen atoms in total.